The van der Waals surface area contributed by atoms with E-state index in [9.17, 15) is 14.7 Å². The predicted octanol–water partition coefficient (Wildman–Crippen LogP) is 0.839. The highest BCUT2D eigenvalue weighted by molar-refractivity contribution is 5.50. The van der Waals surface area contributed by atoms with Crippen molar-refractivity contribution in [3.63, 3.8) is 0 Å². The lowest BCUT2D eigenvalue weighted by Crippen LogP contribution is -2.87. The maximum Gasteiger partial charge on any atom is 0.335 e. The maximum absolute atomic E-state index is 12.7. The van der Waals surface area contributed by atoms with E-state index in [4.69, 9.17) is 4.74 Å². The van der Waals surface area contributed by atoms with E-state index in [0.717, 1.165) is 28.7 Å². The van der Waals surface area contributed by atoms with Gasteiger partial charge in [0.2, 0.25) is 5.88 Å². The second-order valence-electron chi connectivity index (χ2n) is 6.68. The monoisotopic (exact) mass is 380 g/mol. The molecule has 1 atom stereocenters. The molecule has 144 valence electrons. The van der Waals surface area contributed by atoms with Crippen molar-refractivity contribution < 1.29 is 15.2 Å². The molecule has 0 saturated heterocycles. The molecule has 0 bridgehead atoms. The van der Waals surface area contributed by atoms with Crippen LogP contribution in [0, 0.1) is 0 Å². The summed E-state index contributed by atoms with van der Waals surface area (Å²) in [6.07, 6.45) is 0.887. The second kappa shape index (κ2) is 7.36. The van der Waals surface area contributed by atoms with E-state index in [-0.39, 0.29) is 17.5 Å². The van der Waals surface area contributed by atoms with Gasteiger partial charge in [0.05, 0.1) is 18.8 Å². The van der Waals surface area contributed by atoms with Crippen molar-refractivity contribution in [2.45, 2.75) is 19.4 Å². The van der Waals surface area contributed by atoms with Crippen molar-refractivity contribution in [3.05, 3.63) is 86.1 Å². The topological polar surface area (TPSA) is 101 Å². The van der Waals surface area contributed by atoms with Crippen LogP contribution in [-0.2, 0) is 6.42 Å². The number of rotatable bonds is 4. The molecule has 2 aromatic carbocycles. The van der Waals surface area contributed by atoms with Crippen molar-refractivity contribution in [3.8, 4) is 17.3 Å². The van der Waals surface area contributed by atoms with E-state index in [1.54, 1.807) is 24.3 Å². The number of hydrogen-bond acceptors (Lipinski definition) is 4. The molecular formula is C21H22N3O4+. The Labute approximate surface area is 161 Å². The Morgan fingerprint density at radius 1 is 1.18 bits per heavy atom. The van der Waals surface area contributed by atoms with Gasteiger partial charge >= 0.3 is 5.69 Å². The molecule has 0 spiro atoms. The highest BCUT2D eigenvalue weighted by Crippen LogP contribution is 2.30. The van der Waals surface area contributed by atoms with Crippen molar-refractivity contribution in [1.29, 1.82) is 0 Å². The first-order valence-electron chi connectivity index (χ1n) is 9.33. The largest absolute Gasteiger partial charge is 0.494 e. The minimum Gasteiger partial charge on any atom is -0.494 e. The summed E-state index contributed by atoms with van der Waals surface area (Å²) in [6, 6.07) is 14.4. The van der Waals surface area contributed by atoms with Gasteiger partial charge in [-0.05, 0) is 24.6 Å². The van der Waals surface area contributed by atoms with Crippen LogP contribution < -0.4 is 21.3 Å². The lowest BCUT2D eigenvalue weighted by molar-refractivity contribution is -0.690. The molecule has 28 heavy (non-hydrogen) atoms. The van der Waals surface area contributed by atoms with Crippen LogP contribution >= 0.6 is 0 Å². The number of nitrogens with two attached hydrogens (primary N) is 1. The molecule has 0 fully saturated rings. The van der Waals surface area contributed by atoms with E-state index < -0.39 is 11.2 Å². The second-order valence-corrected chi connectivity index (χ2v) is 6.68. The molecule has 0 unspecified atom stereocenters. The Hall–Kier alpha value is -3.32. The van der Waals surface area contributed by atoms with E-state index in [1.807, 2.05) is 36.5 Å². The lowest BCUT2D eigenvalue weighted by atomic mass is 9.90. The van der Waals surface area contributed by atoms with Crippen molar-refractivity contribution in [1.82, 2.24) is 9.55 Å². The van der Waals surface area contributed by atoms with Crippen LogP contribution in [0.5, 0.6) is 11.6 Å². The molecule has 0 radical (unpaired) electrons. The zero-order chi connectivity index (χ0) is 19.7. The summed E-state index contributed by atoms with van der Waals surface area (Å²) in [5, 5.41) is 13.1. The zero-order valence-electron chi connectivity index (χ0n) is 15.5. The number of hydrogen-bond donors (Lipinski definition) is 3. The molecule has 0 saturated carbocycles. The number of H-pyrrole nitrogens is 1. The summed E-state index contributed by atoms with van der Waals surface area (Å²) in [4.78, 5) is 27.6. The Morgan fingerprint density at radius 3 is 2.75 bits per heavy atom. The number of aromatic amines is 1. The van der Waals surface area contributed by atoms with E-state index >= 15 is 0 Å². The maximum atomic E-state index is 12.7. The minimum atomic E-state index is -0.706. The smallest absolute Gasteiger partial charge is 0.335 e. The Kier molecular flexibility index (Phi) is 4.75. The average Bonchev–Trinajstić information content (AvgIpc) is 2.69. The van der Waals surface area contributed by atoms with Crippen molar-refractivity contribution in [2.75, 3.05) is 13.2 Å². The fraction of sp³-hybridized carbons (Fsp3) is 0.238. The summed E-state index contributed by atoms with van der Waals surface area (Å²) < 4.78 is 6.71. The first-order valence-corrected chi connectivity index (χ1v) is 9.33. The number of aromatic hydroxyl groups is 1. The van der Waals surface area contributed by atoms with Gasteiger partial charge < -0.3 is 15.2 Å². The Morgan fingerprint density at radius 2 is 1.93 bits per heavy atom. The summed E-state index contributed by atoms with van der Waals surface area (Å²) in [7, 11) is 0. The van der Waals surface area contributed by atoms with Crippen molar-refractivity contribution >= 4 is 0 Å². The third-order valence-corrected chi connectivity index (χ3v) is 5.04. The number of nitrogens with zero attached hydrogens (tertiary/aromatic N) is 1. The lowest BCUT2D eigenvalue weighted by Gasteiger charge is -2.24. The van der Waals surface area contributed by atoms with Gasteiger partial charge in [0, 0.05) is 12.0 Å². The predicted molar refractivity (Wildman–Crippen MR) is 104 cm³/mol. The summed E-state index contributed by atoms with van der Waals surface area (Å²) in [5.74, 6) is 0.0901. The highest BCUT2D eigenvalue weighted by atomic mass is 16.5. The first kappa shape index (κ1) is 18.1. The van der Waals surface area contributed by atoms with E-state index in [2.05, 4.69) is 4.98 Å². The van der Waals surface area contributed by atoms with Gasteiger partial charge in [-0.3, -0.25) is 9.78 Å². The number of quaternary nitrogens is 1. The molecule has 0 amide bonds. The Bertz CT molecular complexity index is 1130. The number of aromatic nitrogens is 2. The quantitative estimate of drug-likeness (QED) is 0.624. The molecule has 4 N–H and O–H groups in total. The number of fused-ring (bicyclic) bond motifs is 1. The third-order valence-electron chi connectivity index (χ3n) is 5.04. The van der Waals surface area contributed by atoms with Gasteiger partial charge in [-0.2, -0.15) is 0 Å². The number of benzene rings is 2. The molecule has 1 aliphatic rings. The summed E-state index contributed by atoms with van der Waals surface area (Å²) in [6.45, 7) is 3.04. The van der Waals surface area contributed by atoms with Gasteiger partial charge in [0.1, 0.15) is 17.4 Å². The van der Waals surface area contributed by atoms with Gasteiger partial charge in [0.25, 0.3) is 5.56 Å². The number of para-hydroxylation sites is 2. The molecule has 7 nitrogen and oxygen atoms in total. The molecule has 0 aliphatic carbocycles. The van der Waals surface area contributed by atoms with Crippen molar-refractivity contribution in [2.24, 2.45) is 0 Å². The van der Waals surface area contributed by atoms with Crippen LogP contribution in [0.25, 0.3) is 5.69 Å². The molecule has 2 heterocycles. The average molecular weight is 380 g/mol. The summed E-state index contributed by atoms with van der Waals surface area (Å²) in [5.41, 5.74) is 1.37. The van der Waals surface area contributed by atoms with Crippen LogP contribution in [0.4, 0.5) is 0 Å². The number of ether oxygens (including phenoxy) is 1. The molecule has 7 heteroatoms. The fourth-order valence-electron chi connectivity index (χ4n) is 3.83. The summed E-state index contributed by atoms with van der Waals surface area (Å²) >= 11 is 0. The number of nitrogens with one attached hydrogen (secondary N) is 1. The van der Waals surface area contributed by atoms with Crippen LogP contribution in [0.1, 0.15) is 29.7 Å². The molecule has 3 aromatic rings. The minimum absolute atomic E-state index is 0.165. The third kappa shape index (κ3) is 2.99. The van der Waals surface area contributed by atoms with Crippen LogP contribution in [-0.4, -0.2) is 27.8 Å². The first-order chi connectivity index (χ1) is 13.6. The van der Waals surface area contributed by atoms with Crippen LogP contribution in [0.2, 0.25) is 0 Å². The van der Waals surface area contributed by atoms with Crippen LogP contribution in [0.15, 0.2) is 58.1 Å². The molecule has 4 rings (SSSR count). The van der Waals surface area contributed by atoms with E-state index in [0.29, 0.717) is 18.0 Å². The molecular weight excluding hydrogens is 358 g/mol. The SMILES string of the molecule is CCOc1ccccc1-n1c(O)c([C@@H]2[NH2+]CCc3ccccc32)c(=O)[nH]c1=O. The molecule has 1 aromatic heterocycles. The van der Waals surface area contributed by atoms with E-state index in [1.165, 1.54) is 0 Å². The van der Waals surface area contributed by atoms with Crippen LogP contribution in [0.3, 0.4) is 0 Å². The fourth-order valence-corrected chi connectivity index (χ4v) is 3.83. The Balaban J connectivity index is 1.95. The normalized spacial score (nSPS) is 15.8. The van der Waals surface area contributed by atoms with Gasteiger partial charge in [-0.25, -0.2) is 9.36 Å². The molecule has 1 aliphatic heterocycles. The standard InChI is InChI=1S/C21H21N3O4/c1-2-28-16-10-6-5-9-15(16)24-20(26)17(19(25)23-21(24)27)18-14-8-4-3-7-13(14)11-12-22-18/h3-10,18,22,26H,2,11-12H2,1H3,(H,23,25,27)/p+1/t18-/m1/s1. The zero-order valence-corrected chi connectivity index (χ0v) is 15.5. The van der Waals surface area contributed by atoms with Gasteiger partial charge in [-0.15, -0.1) is 0 Å². The van der Waals surface area contributed by atoms with Gasteiger partial charge in [0.15, 0.2) is 0 Å². The van der Waals surface area contributed by atoms with Gasteiger partial charge in [-0.1, -0.05) is 36.4 Å². The highest BCUT2D eigenvalue weighted by Gasteiger charge is 2.32.